The summed E-state index contributed by atoms with van der Waals surface area (Å²) in [5, 5.41) is 11.7. The summed E-state index contributed by atoms with van der Waals surface area (Å²) in [6.45, 7) is 11.6. The maximum Gasteiger partial charge on any atom is 0.350 e. The van der Waals surface area contributed by atoms with Crippen molar-refractivity contribution in [1.29, 1.82) is 0 Å². The molecule has 214 valence electrons. The number of ketones is 1. The van der Waals surface area contributed by atoms with E-state index >= 15 is 0 Å². The van der Waals surface area contributed by atoms with Gasteiger partial charge in [0.25, 0.3) is 5.78 Å². The van der Waals surface area contributed by atoms with Gasteiger partial charge >= 0.3 is 11.9 Å². The topological polar surface area (TPSA) is 106 Å². The molecule has 9 heteroatoms. The van der Waals surface area contributed by atoms with Crippen molar-refractivity contribution in [3.05, 3.63) is 93.5 Å². The summed E-state index contributed by atoms with van der Waals surface area (Å²) in [7, 11) is 0. The van der Waals surface area contributed by atoms with Crippen LogP contribution in [0.3, 0.4) is 0 Å². The second kappa shape index (κ2) is 13.0. The Morgan fingerprint density at radius 2 is 1.85 bits per heavy atom. The normalized spacial score (nSPS) is 16.2. The Morgan fingerprint density at radius 3 is 2.54 bits per heavy atom. The van der Waals surface area contributed by atoms with Gasteiger partial charge in [-0.2, -0.15) is 0 Å². The standard InChI is InChI=1S/C32H34N2O6S/c1-6-8-9-17-39-23-14-12-22(13-15-23)26-25(27(35)24-18-19(3)10-11-20(24)4)28(36)30(37)34(26)32-33-21(5)29(41-32)31(38)40-16-7-2/h7,10-15,18,26,35H,2,6,8-9,16-17H2,1,3-5H3/b27-25+. The van der Waals surface area contributed by atoms with Crippen molar-refractivity contribution in [2.45, 2.75) is 53.0 Å². The van der Waals surface area contributed by atoms with Crippen molar-refractivity contribution in [3.63, 3.8) is 0 Å². The predicted octanol–water partition coefficient (Wildman–Crippen LogP) is 6.61. The smallest absolute Gasteiger partial charge is 0.350 e. The number of ether oxygens (including phenoxy) is 2. The van der Waals surface area contributed by atoms with Crippen LogP contribution in [0.2, 0.25) is 0 Å². The van der Waals surface area contributed by atoms with Crippen molar-refractivity contribution in [2.75, 3.05) is 18.1 Å². The molecule has 4 rings (SSSR count). The number of hydrogen-bond acceptors (Lipinski definition) is 8. The molecule has 1 aromatic heterocycles. The lowest BCUT2D eigenvalue weighted by Gasteiger charge is -2.23. The number of amides is 1. The average molecular weight is 575 g/mol. The van der Waals surface area contributed by atoms with E-state index in [1.165, 1.54) is 11.0 Å². The number of unbranched alkanes of at least 4 members (excludes halogenated alkanes) is 2. The Hall–Kier alpha value is -4.24. The lowest BCUT2D eigenvalue weighted by atomic mass is 9.93. The third kappa shape index (κ3) is 6.25. The molecule has 41 heavy (non-hydrogen) atoms. The number of thiazole rings is 1. The van der Waals surface area contributed by atoms with E-state index in [0.29, 0.717) is 29.2 Å². The molecule has 1 saturated heterocycles. The summed E-state index contributed by atoms with van der Waals surface area (Å²) in [6, 6.07) is 11.7. The maximum absolute atomic E-state index is 13.6. The molecule has 2 aromatic carbocycles. The number of carbonyl (C=O) groups is 3. The SMILES string of the molecule is C=CCOC(=O)c1sc(N2C(=O)C(=O)/C(=C(/O)c3cc(C)ccc3C)C2c2ccc(OCCCCC)cc2)nc1C. The van der Waals surface area contributed by atoms with Crippen LogP contribution in [0.15, 0.2) is 60.7 Å². The van der Waals surface area contributed by atoms with Crippen LogP contribution < -0.4 is 9.64 Å². The van der Waals surface area contributed by atoms with Crippen LogP contribution in [0.4, 0.5) is 5.13 Å². The summed E-state index contributed by atoms with van der Waals surface area (Å²) in [4.78, 5) is 45.7. The van der Waals surface area contributed by atoms with Crippen LogP contribution in [0.5, 0.6) is 5.75 Å². The van der Waals surface area contributed by atoms with Crippen LogP contribution in [0.25, 0.3) is 5.76 Å². The van der Waals surface area contributed by atoms with Gasteiger partial charge in [-0.15, -0.1) is 0 Å². The molecule has 1 fully saturated rings. The number of aryl methyl sites for hydroxylation is 3. The van der Waals surface area contributed by atoms with Crippen LogP contribution >= 0.6 is 11.3 Å². The fourth-order valence-corrected chi connectivity index (χ4v) is 5.63. The Labute approximate surface area is 243 Å². The first kappa shape index (κ1) is 29.7. The van der Waals surface area contributed by atoms with Crippen LogP contribution in [-0.4, -0.2) is 41.0 Å². The minimum Gasteiger partial charge on any atom is -0.507 e. The maximum atomic E-state index is 13.6. The Morgan fingerprint density at radius 1 is 1.12 bits per heavy atom. The first-order valence-corrected chi connectivity index (χ1v) is 14.4. The highest BCUT2D eigenvalue weighted by molar-refractivity contribution is 7.17. The molecule has 0 radical (unpaired) electrons. The highest BCUT2D eigenvalue weighted by Gasteiger charge is 2.48. The molecular formula is C32H34N2O6S. The largest absolute Gasteiger partial charge is 0.507 e. The summed E-state index contributed by atoms with van der Waals surface area (Å²) < 4.78 is 11.0. The minimum absolute atomic E-state index is 0.0265. The number of aromatic nitrogens is 1. The zero-order valence-corrected chi connectivity index (χ0v) is 24.5. The van der Waals surface area contributed by atoms with Gasteiger partial charge in [-0.3, -0.25) is 14.5 Å². The van der Waals surface area contributed by atoms with Gasteiger partial charge in [-0.1, -0.05) is 73.6 Å². The van der Waals surface area contributed by atoms with Crippen LogP contribution in [0.1, 0.15) is 69.8 Å². The number of Topliss-reactive ketones (excluding diaryl/α,β-unsaturated/α-hetero) is 1. The molecule has 0 saturated carbocycles. The van der Waals surface area contributed by atoms with Gasteiger partial charge in [-0.25, -0.2) is 9.78 Å². The van der Waals surface area contributed by atoms with E-state index in [4.69, 9.17) is 9.47 Å². The molecule has 0 spiro atoms. The molecule has 1 N–H and O–H groups in total. The fraction of sp³-hybridized carbons (Fsp3) is 0.312. The summed E-state index contributed by atoms with van der Waals surface area (Å²) in [6.07, 6.45) is 4.56. The van der Waals surface area contributed by atoms with E-state index in [1.807, 2.05) is 26.0 Å². The second-order valence-corrected chi connectivity index (χ2v) is 10.9. The van der Waals surface area contributed by atoms with Gasteiger partial charge in [0, 0.05) is 5.56 Å². The van der Waals surface area contributed by atoms with Crippen molar-refractivity contribution in [3.8, 4) is 5.75 Å². The number of aliphatic hydroxyl groups excluding tert-OH is 1. The number of esters is 1. The number of rotatable bonds is 11. The van der Waals surface area contributed by atoms with E-state index in [9.17, 15) is 19.5 Å². The number of nitrogens with zero attached hydrogens (tertiary/aromatic N) is 2. The molecule has 2 heterocycles. The van der Waals surface area contributed by atoms with Gasteiger partial charge in [0.05, 0.1) is 23.9 Å². The van der Waals surface area contributed by atoms with Gasteiger partial charge < -0.3 is 14.6 Å². The molecule has 0 aliphatic carbocycles. The van der Waals surface area contributed by atoms with E-state index in [1.54, 1.807) is 37.3 Å². The molecule has 8 nitrogen and oxygen atoms in total. The number of benzene rings is 2. The number of anilines is 1. The second-order valence-electron chi connectivity index (χ2n) is 9.91. The Bertz CT molecular complexity index is 1500. The summed E-state index contributed by atoms with van der Waals surface area (Å²) >= 11 is 0.958. The monoisotopic (exact) mass is 574 g/mol. The number of aliphatic hydroxyl groups is 1. The van der Waals surface area contributed by atoms with Crippen LogP contribution in [-0.2, 0) is 14.3 Å². The van der Waals surface area contributed by atoms with Crippen molar-refractivity contribution < 1.29 is 29.0 Å². The average Bonchev–Trinajstić information content (AvgIpc) is 3.47. The minimum atomic E-state index is -0.980. The molecule has 0 bridgehead atoms. The number of carbonyl (C=O) groups excluding carboxylic acids is 3. The van der Waals surface area contributed by atoms with E-state index < -0.39 is 23.7 Å². The molecule has 1 amide bonds. The van der Waals surface area contributed by atoms with Gasteiger partial charge in [0.15, 0.2) is 5.13 Å². The van der Waals surface area contributed by atoms with Crippen LogP contribution in [0, 0.1) is 20.8 Å². The predicted molar refractivity (Wildman–Crippen MR) is 159 cm³/mol. The lowest BCUT2D eigenvalue weighted by molar-refractivity contribution is -0.132. The highest BCUT2D eigenvalue weighted by Crippen LogP contribution is 2.44. The van der Waals surface area contributed by atoms with E-state index in [2.05, 4.69) is 18.5 Å². The number of hydrogen-bond donors (Lipinski definition) is 1. The third-order valence-electron chi connectivity index (χ3n) is 6.81. The Kier molecular flexibility index (Phi) is 9.39. The van der Waals surface area contributed by atoms with Crippen molar-refractivity contribution in [2.24, 2.45) is 0 Å². The quantitative estimate of drug-likeness (QED) is 0.0686. The summed E-state index contributed by atoms with van der Waals surface area (Å²) in [5.74, 6) is -1.89. The molecule has 1 atom stereocenters. The zero-order chi connectivity index (χ0) is 29.7. The highest BCUT2D eigenvalue weighted by atomic mass is 32.1. The summed E-state index contributed by atoms with van der Waals surface area (Å²) in [5.41, 5.74) is 3.01. The molecule has 3 aromatic rings. The van der Waals surface area contributed by atoms with Crippen molar-refractivity contribution in [1.82, 2.24) is 4.98 Å². The first-order chi connectivity index (χ1) is 19.7. The lowest BCUT2D eigenvalue weighted by Crippen LogP contribution is -2.29. The van der Waals surface area contributed by atoms with Crippen molar-refractivity contribution >= 4 is 39.9 Å². The molecule has 1 unspecified atom stereocenters. The first-order valence-electron chi connectivity index (χ1n) is 13.5. The van der Waals surface area contributed by atoms with Gasteiger partial charge in [0.1, 0.15) is 23.0 Å². The zero-order valence-electron chi connectivity index (χ0n) is 23.7. The van der Waals surface area contributed by atoms with Gasteiger partial charge in [-0.05, 0) is 56.5 Å². The fourth-order valence-electron chi connectivity index (χ4n) is 4.64. The molecule has 1 aliphatic rings. The van der Waals surface area contributed by atoms with E-state index in [0.717, 1.165) is 41.7 Å². The third-order valence-corrected chi connectivity index (χ3v) is 7.95. The Balaban J connectivity index is 1.82. The molecular weight excluding hydrogens is 540 g/mol. The molecule has 1 aliphatic heterocycles. The van der Waals surface area contributed by atoms with Gasteiger partial charge in [0.2, 0.25) is 0 Å². The van der Waals surface area contributed by atoms with E-state index in [-0.39, 0.29) is 27.9 Å².